The van der Waals surface area contributed by atoms with Crippen LogP contribution in [-0.4, -0.2) is 37.2 Å². The van der Waals surface area contributed by atoms with Crippen molar-refractivity contribution in [1.29, 1.82) is 0 Å². The number of esters is 3. The molecule has 1 unspecified atom stereocenters. The van der Waals surface area contributed by atoms with Gasteiger partial charge in [-0.05, 0) is 70.6 Å². The van der Waals surface area contributed by atoms with E-state index in [2.05, 4.69) is 45.1 Å². The van der Waals surface area contributed by atoms with Gasteiger partial charge in [-0.3, -0.25) is 14.4 Å². The Hall–Kier alpha value is -2.11. The molecule has 6 nitrogen and oxygen atoms in total. The third kappa shape index (κ3) is 64.6. The number of carbonyl (C=O) groups excluding carboxylic acids is 3. The number of ether oxygens (including phenoxy) is 3. The van der Waals surface area contributed by atoms with Crippen LogP contribution in [0.15, 0.2) is 24.3 Å². The summed E-state index contributed by atoms with van der Waals surface area (Å²) in [6.07, 6.45) is 80.7. The van der Waals surface area contributed by atoms with E-state index in [-0.39, 0.29) is 31.1 Å². The monoisotopic (exact) mass is 1080 g/mol. The Kier molecular flexibility index (Phi) is 64.6. The van der Waals surface area contributed by atoms with Crippen molar-refractivity contribution in [3.05, 3.63) is 24.3 Å². The van der Waals surface area contributed by atoms with Gasteiger partial charge in [0.2, 0.25) is 0 Å². The van der Waals surface area contributed by atoms with Crippen LogP contribution in [0.1, 0.15) is 393 Å². The van der Waals surface area contributed by atoms with Crippen LogP contribution < -0.4 is 0 Å². The predicted octanol–water partition coefficient (Wildman–Crippen LogP) is 23.8. The lowest BCUT2D eigenvalue weighted by atomic mass is 10.0. The third-order valence-corrected chi connectivity index (χ3v) is 15.9. The Balaban J connectivity index is 4.16. The van der Waals surface area contributed by atoms with Crippen LogP contribution in [0.4, 0.5) is 0 Å². The molecule has 0 amide bonds. The summed E-state index contributed by atoms with van der Waals surface area (Å²) in [7, 11) is 0. The van der Waals surface area contributed by atoms with Crippen LogP contribution in [0.3, 0.4) is 0 Å². The Morgan fingerprint density at radius 2 is 0.429 bits per heavy atom. The normalized spacial score (nSPS) is 12.1. The Morgan fingerprint density at radius 1 is 0.247 bits per heavy atom. The third-order valence-electron chi connectivity index (χ3n) is 15.9. The summed E-state index contributed by atoms with van der Waals surface area (Å²) in [6.45, 7) is 6.69. The maximum Gasteiger partial charge on any atom is 0.306 e. The van der Waals surface area contributed by atoms with Gasteiger partial charge >= 0.3 is 17.9 Å². The van der Waals surface area contributed by atoms with Gasteiger partial charge in [-0.1, -0.05) is 328 Å². The van der Waals surface area contributed by atoms with Gasteiger partial charge in [-0.2, -0.15) is 0 Å². The molecule has 0 N–H and O–H groups in total. The van der Waals surface area contributed by atoms with E-state index in [0.29, 0.717) is 19.3 Å². The first-order valence-corrected chi connectivity index (χ1v) is 34.8. The minimum atomic E-state index is -0.777. The van der Waals surface area contributed by atoms with Crippen molar-refractivity contribution in [2.75, 3.05) is 13.2 Å². The summed E-state index contributed by atoms with van der Waals surface area (Å²) in [6, 6.07) is 0. The molecule has 454 valence electrons. The van der Waals surface area contributed by atoms with E-state index >= 15 is 0 Å². The van der Waals surface area contributed by atoms with E-state index in [4.69, 9.17) is 14.2 Å². The van der Waals surface area contributed by atoms with Crippen molar-refractivity contribution >= 4 is 17.9 Å². The van der Waals surface area contributed by atoms with Crippen molar-refractivity contribution in [1.82, 2.24) is 0 Å². The minimum Gasteiger partial charge on any atom is -0.462 e. The van der Waals surface area contributed by atoms with Crippen LogP contribution in [0.5, 0.6) is 0 Å². The molecule has 0 spiro atoms. The second-order valence-electron chi connectivity index (χ2n) is 23.8. The number of allylic oxidation sites excluding steroid dienone is 4. The molecule has 0 aromatic carbocycles. The first kappa shape index (κ1) is 74.9. The van der Waals surface area contributed by atoms with Crippen molar-refractivity contribution in [3.8, 4) is 0 Å². The van der Waals surface area contributed by atoms with Crippen molar-refractivity contribution < 1.29 is 28.6 Å². The smallest absolute Gasteiger partial charge is 0.306 e. The zero-order chi connectivity index (χ0) is 55.7. The average molecular weight is 1080 g/mol. The molecule has 0 fully saturated rings. The summed E-state index contributed by atoms with van der Waals surface area (Å²) < 4.78 is 17.0. The summed E-state index contributed by atoms with van der Waals surface area (Å²) in [4.78, 5) is 38.3. The van der Waals surface area contributed by atoms with Crippen molar-refractivity contribution in [3.63, 3.8) is 0 Å². The molecule has 0 radical (unpaired) electrons. The predicted molar refractivity (Wildman–Crippen MR) is 335 cm³/mol. The summed E-state index contributed by atoms with van der Waals surface area (Å²) in [5.74, 6) is -0.862. The standard InChI is InChI=1S/C71H134O6/c1-4-7-10-13-16-19-22-25-28-29-30-31-32-33-34-35-36-37-38-39-40-41-44-46-49-52-55-58-61-64-70(73)76-67-68(77-71(74)65-62-59-56-53-50-47-43-27-24-21-18-15-12-9-6-3)66-75-69(72)63-60-57-54-51-48-45-42-26-23-20-17-14-11-8-5-2/h26-27,42-43,68H,4-25,28-41,44-67H2,1-3H3/b42-26-,43-27-. The van der Waals surface area contributed by atoms with Gasteiger partial charge in [0.1, 0.15) is 13.2 Å². The van der Waals surface area contributed by atoms with E-state index in [0.717, 1.165) is 70.6 Å². The second-order valence-corrected chi connectivity index (χ2v) is 23.8. The minimum absolute atomic E-state index is 0.0722. The molecule has 0 aliphatic carbocycles. The SMILES string of the molecule is CCCCCCCC/C=C\CCCCCCCC(=O)OCC(COC(=O)CCCCCCCCCCCCCCCCCCCCCCCCCCCCCCC)OC(=O)CCCCCCC/C=C\CCCCCCCC. The summed E-state index contributed by atoms with van der Waals surface area (Å²) >= 11 is 0. The first-order valence-electron chi connectivity index (χ1n) is 34.8. The molecule has 0 aromatic rings. The van der Waals surface area contributed by atoms with E-state index in [1.807, 2.05) is 0 Å². The van der Waals surface area contributed by atoms with Crippen molar-refractivity contribution in [2.45, 2.75) is 399 Å². The number of rotatable bonds is 65. The quantitative estimate of drug-likeness (QED) is 0.0261. The lowest BCUT2D eigenvalue weighted by Gasteiger charge is -2.18. The van der Waals surface area contributed by atoms with Crippen molar-refractivity contribution in [2.24, 2.45) is 0 Å². The summed E-state index contributed by atoms with van der Waals surface area (Å²) in [5.41, 5.74) is 0. The molecule has 0 heterocycles. The maximum absolute atomic E-state index is 12.9. The highest BCUT2D eigenvalue weighted by molar-refractivity contribution is 5.71. The van der Waals surface area contributed by atoms with E-state index < -0.39 is 6.10 Å². The van der Waals surface area contributed by atoms with Crippen LogP contribution in [0.25, 0.3) is 0 Å². The highest BCUT2D eigenvalue weighted by Gasteiger charge is 2.19. The molecular formula is C71H134O6. The highest BCUT2D eigenvalue weighted by atomic mass is 16.6. The molecule has 0 saturated heterocycles. The van der Waals surface area contributed by atoms with Gasteiger partial charge in [-0.15, -0.1) is 0 Å². The fourth-order valence-corrected chi connectivity index (χ4v) is 10.7. The molecule has 0 aromatic heterocycles. The number of unbranched alkanes of at least 4 members (excludes halogenated alkanes) is 50. The van der Waals surface area contributed by atoms with E-state index in [1.165, 1.54) is 283 Å². The average Bonchev–Trinajstić information content (AvgIpc) is 3.43. The first-order chi connectivity index (χ1) is 38.0. The fraction of sp³-hybridized carbons (Fsp3) is 0.901. The van der Waals surface area contributed by atoms with Gasteiger partial charge in [-0.25, -0.2) is 0 Å². The molecule has 0 rings (SSSR count). The van der Waals surface area contributed by atoms with Gasteiger partial charge in [0.05, 0.1) is 0 Å². The number of hydrogen-bond donors (Lipinski definition) is 0. The van der Waals surface area contributed by atoms with E-state index in [1.54, 1.807) is 0 Å². The Bertz CT molecular complexity index is 1240. The highest BCUT2D eigenvalue weighted by Crippen LogP contribution is 2.18. The lowest BCUT2D eigenvalue weighted by Crippen LogP contribution is -2.30. The Morgan fingerprint density at radius 3 is 0.649 bits per heavy atom. The largest absolute Gasteiger partial charge is 0.462 e. The Labute approximate surface area is 481 Å². The molecule has 0 saturated carbocycles. The van der Waals surface area contributed by atoms with Gasteiger partial charge in [0.25, 0.3) is 0 Å². The number of carbonyl (C=O) groups is 3. The van der Waals surface area contributed by atoms with Crippen LogP contribution in [0, 0.1) is 0 Å². The second kappa shape index (κ2) is 66.4. The maximum atomic E-state index is 12.9. The van der Waals surface area contributed by atoms with Crippen LogP contribution >= 0.6 is 0 Å². The molecule has 0 bridgehead atoms. The summed E-state index contributed by atoms with van der Waals surface area (Å²) in [5, 5.41) is 0. The molecular weight excluding hydrogens is 949 g/mol. The van der Waals surface area contributed by atoms with E-state index in [9.17, 15) is 14.4 Å². The molecule has 1 atom stereocenters. The molecule has 0 aliphatic rings. The van der Waals surface area contributed by atoms with Gasteiger partial charge in [0, 0.05) is 19.3 Å². The topological polar surface area (TPSA) is 78.9 Å². The zero-order valence-corrected chi connectivity index (χ0v) is 52.3. The van der Waals surface area contributed by atoms with Gasteiger partial charge in [0.15, 0.2) is 6.10 Å². The fourth-order valence-electron chi connectivity index (χ4n) is 10.7. The molecule has 6 heteroatoms. The van der Waals surface area contributed by atoms with Crippen LogP contribution in [-0.2, 0) is 28.6 Å². The lowest BCUT2D eigenvalue weighted by molar-refractivity contribution is -0.167. The van der Waals surface area contributed by atoms with Gasteiger partial charge < -0.3 is 14.2 Å². The zero-order valence-electron chi connectivity index (χ0n) is 52.3. The molecule has 77 heavy (non-hydrogen) atoms. The molecule has 0 aliphatic heterocycles. The number of hydrogen-bond acceptors (Lipinski definition) is 6. The van der Waals surface area contributed by atoms with Crippen LogP contribution in [0.2, 0.25) is 0 Å².